The quantitative estimate of drug-likeness (QED) is 0.460. The summed E-state index contributed by atoms with van der Waals surface area (Å²) in [5, 5.41) is 7.26. The monoisotopic (exact) mass is 477 g/mol. The van der Waals surface area contributed by atoms with Gasteiger partial charge in [-0.25, -0.2) is 0 Å². The van der Waals surface area contributed by atoms with Gasteiger partial charge in [-0.2, -0.15) is 0 Å². The molecule has 3 aromatic carbocycles. The number of fused-ring (bicyclic) bond motifs is 4. The lowest BCUT2D eigenvalue weighted by Crippen LogP contribution is -2.50. The molecule has 0 aromatic heterocycles. The summed E-state index contributed by atoms with van der Waals surface area (Å²) in [4.78, 5) is 30.5. The Morgan fingerprint density at radius 2 is 1.53 bits per heavy atom. The van der Waals surface area contributed by atoms with Crippen molar-refractivity contribution >= 4 is 28.8 Å². The second kappa shape index (κ2) is 7.82. The number of carbonyl (C=O) groups excluding carboxylic acids is 2. The minimum absolute atomic E-state index is 0.0206. The van der Waals surface area contributed by atoms with Gasteiger partial charge in [0, 0.05) is 17.7 Å². The van der Waals surface area contributed by atoms with E-state index in [9.17, 15) is 9.59 Å². The Hall–Kier alpha value is -3.86. The number of Topliss-reactive ketones (excluding diaryl/α,β-unsaturated/α-hetero) is 1. The molecule has 3 aromatic rings. The summed E-state index contributed by atoms with van der Waals surface area (Å²) in [5.41, 5.74) is 6.67. The number of rotatable bonds is 2. The van der Waals surface area contributed by atoms with Gasteiger partial charge in [-0.3, -0.25) is 9.59 Å². The molecular weight excluding hydrogens is 446 g/mol. The highest BCUT2D eigenvalue weighted by molar-refractivity contribution is 6.19. The Kier molecular flexibility index (Phi) is 4.91. The topological polar surface area (TPSA) is 61.4 Å². The Morgan fingerprint density at radius 3 is 2.28 bits per heavy atom. The molecule has 2 N–H and O–H groups in total. The maximum absolute atomic E-state index is 14.7. The molecule has 2 aliphatic heterocycles. The summed E-state index contributed by atoms with van der Waals surface area (Å²) >= 11 is 0. The van der Waals surface area contributed by atoms with Gasteiger partial charge in [0.25, 0.3) is 5.91 Å². The number of carbonyl (C=O) groups is 2. The predicted octanol–water partition coefficient (Wildman–Crippen LogP) is 6.23. The van der Waals surface area contributed by atoms with Gasteiger partial charge < -0.3 is 15.5 Å². The number of ketones is 1. The van der Waals surface area contributed by atoms with Crippen LogP contribution in [-0.2, 0) is 21.7 Å². The number of nitrogens with zero attached hydrogens (tertiary/aromatic N) is 1. The van der Waals surface area contributed by atoms with E-state index >= 15 is 0 Å². The average Bonchev–Trinajstić information content (AvgIpc) is 2.96. The van der Waals surface area contributed by atoms with Crippen molar-refractivity contribution in [2.75, 3.05) is 15.5 Å². The molecule has 1 atom stereocenters. The fourth-order valence-electron chi connectivity index (χ4n) is 6.05. The molecule has 1 amide bonds. The minimum atomic E-state index is -1.28. The van der Waals surface area contributed by atoms with E-state index in [2.05, 4.69) is 50.5 Å². The molecule has 0 saturated carbocycles. The summed E-state index contributed by atoms with van der Waals surface area (Å²) in [7, 11) is 0. The molecule has 3 aliphatic rings. The first-order valence-corrected chi connectivity index (χ1v) is 12.6. The number of benzene rings is 3. The van der Waals surface area contributed by atoms with Gasteiger partial charge in [0.2, 0.25) is 0 Å². The number of amides is 1. The van der Waals surface area contributed by atoms with E-state index in [0.717, 1.165) is 45.0 Å². The van der Waals surface area contributed by atoms with Gasteiger partial charge >= 0.3 is 0 Å². The molecule has 0 fully saturated rings. The largest absolute Gasteiger partial charge is 0.362 e. The third kappa shape index (κ3) is 3.29. The van der Waals surface area contributed by atoms with Crippen molar-refractivity contribution < 1.29 is 9.59 Å². The van der Waals surface area contributed by atoms with E-state index in [1.165, 1.54) is 0 Å². The first-order valence-electron chi connectivity index (χ1n) is 12.6. The van der Waals surface area contributed by atoms with E-state index in [4.69, 9.17) is 0 Å². The van der Waals surface area contributed by atoms with E-state index < -0.39 is 5.54 Å². The van der Waals surface area contributed by atoms with Gasteiger partial charge in [0.05, 0.1) is 29.2 Å². The van der Waals surface area contributed by atoms with Crippen LogP contribution in [0.15, 0.2) is 78.0 Å². The second-order valence-corrected chi connectivity index (χ2v) is 11.2. The summed E-state index contributed by atoms with van der Waals surface area (Å²) in [6.07, 6.45) is 1.09. The number of hydrogen-bond acceptors (Lipinski definition) is 4. The van der Waals surface area contributed by atoms with Crippen LogP contribution in [0.5, 0.6) is 0 Å². The highest BCUT2D eigenvalue weighted by Crippen LogP contribution is 2.54. The van der Waals surface area contributed by atoms with Crippen LogP contribution in [0.25, 0.3) is 0 Å². The molecule has 5 nitrogen and oxygen atoms in total. The normalized spacial score (nSPS) is 21.9. The lowest BCUT2D eigenvalue weighted by atomic mass is 9.69. The molecule has 0 saturated heterocycles. The molecule has 6 rings (SSSR count). The van der Waals surface area contributed by atoms with Gasteiger partial charge in [-0.05, 0) is 60.6 Å². The Labute approximate surface area is 212 Å². The summed E-state index contributed by atoms with van der Waals surface area (Å²) < 4.78 is 0. The number of aryl methyl sites for hydroxylation is 2. The van der Waals surface area contributed by atoms with Crippen LogP contribution in [0, 0.1) is 19.3 Å². The van der Waals surface area contributed by atoms with Crippen molar-refractivity contribution in [1.82, 2.24) is 0 Å². The molecule has 1 aliphatic carbocycles. The molecule has 182 valence electrons. The highest BCUT2D eigenvalue weighted by atomic mass is 16.2. The van der Waals surface area contributed by atoms with Crippen molar-refractivity contribution in [3.63, 3.8) is 0 Å². The average molecular weight is 478 g/mol. The highest BCUT2D eigenvalue weighted by Gasteiger charge is 2.58. The molecule has 0 radical (unpaired) electrons. The first-order chi connectivity index (χ1) is 17.2. The van der Waals surface area contributed by atoms with E-state index in [1.54, 1.807) is 0 Å². The molecule has 36 heavy (non-hydrogen) atoms. The number of para-hydroxylation sites is 1. The summed E-state index contributed by atoms with van der Waals surface area (Å²) in [6, 6.07) is 22.1. The van der Waals surface area contributed by atoms with Crippen molar-refractivity contribution in [2.24, 2.45) is 5.41 Å². The Bertz CT molecular complexity index is 1450. The summed E-state index contributed by atoms with van der Waals surface area (Å²) in [5.74, 6) is -0.0896. The van der Waals surface area contributed by atoms with Crippen molar-refractivity contribution in [3.8, 4) is 0 Å². The van der Waals surface area contributed by atoms with E-state index in [-0.39, 0.29) is 17.1 Å². The third-order valence-corrected chi connectivity index (χ3v) is 7.84. The van der Waals surface area contributed by atoms with Gasteiger partial charge in [-0.1, -0.05) is 62.4 Å². The fourth-order valence-corrected chi connectivity index (χ4v) is 6.05. The molecule has 5 heteroatoms. The molecular formula is C31H31N3O2. The smallest absolute Gasteiger partial charge is 0.262 e. The zero-order valence-electron chi connectivity index (χ0n) is 21.2. The molecule has 2 heterocycles. The van der Waals surface area contributed by atoms with Crippen molar-refractivity contribution in [2.45, 2.75) is 52.6 Å². The maximum Gasteiger partial charge on any atom is 0.262 e. The van der Waals surface area contributed by atoms with Gasteiger partial charge in [0.15, 0.2) is 11.3 Å². The number of allylic oxidation sites excluding steroid dienone is 1. The van der Waals surface area contributed by atoms with Gasteiger partial charge in [-0.15, -0.1) is 0 Å². The Morgan fingerprint density at radius 1 is 0.861 bits per heavy atom. The first kappa shape index (κ1) is 22.6. The molecule has 1 unspecified atom stereocenters. The minimum Gasteiger partial charge on any atom is -0.362 e. The lowest BCUT2D eigenvalue weighted by molar-refractivity contribution is -0.125. The van der Waals surface area contributed by atoms with E-state index in [0.29, 0.717) is 25.0 Å². The predicted molar refractivity (Wildman–Crippen MR) is 144 cm³/mol. The zero-order chi connectivity index (χ0) is 25.2. The van der Waals surface area contributed by atoms with Crippen LogP contribution < -0.4 is 15.5 Å². The Balaban J connectivity index is 1.62. The van der Waals surface area contributed by atoms with Crippen LogP contribution in [0.4, 0.5) is 17.1 Å². The molecule has 0 bridgehead atoms. The van der Waals surface area contributed by atoms with Crippen molar-refractivity contribution in [1.29, 1.82) is 0 Å². The standard InChI is InChI=1S/C31H31N3O2/c1-19-14-23-24(15-20(19)2)33-31(28-25(32-23)16-30(3,4)17-27(28)35)22-12-8-9-13-26(22)34(29(31)36)18-21-10-6-5-7-11-21/h5-15,32-33H,16-18H2,1-4H3. The second-order valence-electron chi connectivity index (χ2n) is 11.2. The van der Waals surface area contributed by atoms with Crippen LogP contribution in [0.2, 0.25) is 0 Å². The van der Waals surface area contributed by atoms with Crippen LogP contribution in [0.1, 0.15) is 48.9 Å². The van der Waals surface area contributed by atoms with E-state index in [1.807, 2.05) is 59.5 Å². The van der Waals surface area contributed by atoms with Crippen LogP contribution >= 0.6 is 0 Å². The number of hydrogen-bond donors (Lipinski definition) is 2. The number of nitrogens with one attached hydrogen (secondary N) is 2. The van der Waals surface area contributed by atoms with Crippen LogP contribution in [-0.4, -0.2) is 11.7 Å². The number of anilines is 3. The SMILES string of the molecule is Cc1cc2c(cc1C)NC1(C(=O)N(Cc3ccccc3)c3ccccc31)C1=C(CC(C)(C)CC1=O)N2. The van der Waals surface area contributed by atoms with Crippen LogP contribution in [0.3, 0.4) is 0 Å². The summed E-state index contributed by atoms with van der Waals surface area (Å²) in [6.45, 7) is 8.84. The fraction of sp³-hybridized carbons (Fsp3) is 0.290. The zero-order valence-corrected chi connectivity index (χ0v) is 21.2. The lowest BCUT2D eigenvalue weighted by Gasteiger charge is -2.38. The van der Waals surface area contributed by atoms with Gasteiger partial charge in [0.1, 0.15) is 0 Å². The van der Waals surface area contributed by atoms with Crippen molar-refractivity contribution in [3.05, 3.63) is 100 Å². The third-order valence-electron chi connectivity index (χ3n) is 7.84. The molecule has 1 spiro atoms. The maximum atomic E-state index is 14.7.